The molecule has 2 aliphatic rings. The van der Waals surface area contributed by atoms with Crippen molar-refractivity contribution in [1.29, 1.82) is 0 Å². The maximum absolute atomic E-state index is 12.0. The molecule has 2 rings (SSSR count). The van der Waals surface area contributed by atoms with Gasteiger partial charge in [0, 0.05) is 51.7 Å². The van der Waals surface area contributed by atoms with Gasteiger partial charge in [0.2, 0.25) is 5.91 Å². The number of nitrogens with one attached hydrogen (secondary N) is 1. The van der Waals surface area contributed by atoms with Gasteiger partial charge in [0.05, 0.1) is 0 Å². The van der Waals surface area contributed by atoms with Crippen LogP contribution in [0.3, 0.4) is 0 Å². The van der Waals surface area contributed by atoms with Gasteiger partial charge in [-0.3, -0.25) is 9.69 Å². The minimum Gasteiger partial charge on any atom is -0.340 e. The molecule has 2 atom stereocenters. The van der Waals surface area contributed by atoms with Crippen molar-refractivity contribution in [2.75, 3.05) is 39.3 Å². The molecule has 0 radical (unpaired) electrons. The maximum atomic E-state index is 12.0. The van der Waals surface area contributed by atoms with E-state index in [0.29, 0.717) is 18.4 Å². The zero-order valence-electron chi connectivity index (χ0n) is 11.1. The third kappa shape index (κ3) is 3.42. The van der Waals surface area contributed by atoms with E-state index in [1.165, 1.54) is 6.42 Å². The van der Waals surface area contributed by atoms with E-state index >= 15 is 0 Å². The Balaban J connectivity index is 1.72. The number of hydrogen-bond donors (Lipinski definition) is 1. The highest BCUT2D eigenvalue weighted by Crippen LogP contribution is 2.22. The van der Waals surface area contributed by atoms with Crippen LogP contribution in [-0.2, 0) is 4.79 Å². The molecule has 98 valence electrons. The van der Waals surface area contributed by atoms with Gasteiger partial charge < -0.3 is 10.2 Å². The largest absolute Gasteiger partial charge is 0.340 e. The van der Waals surface area contributed by atoms with E-state index < -0.39 is 0 Å². The predicted molar refractivity (Wildman–Crippen MR) is 68.9 cm³/mol. The van der Waals surface area contributed by atoms with Crippen LogP contribution in [0.2, 0.25) is 0 Å². The van der Waals surface area contributed by atoms with Crippen LogP contribution < -0.4 is 5.32 Å². The molecule has 0 aromatic rings. The Morgan fingerprint density at radius 3 is 2.59 bits per heavy atom. The summed E-state index contributed by atoms with van der Waals surface area (Å²) in [6.07, 6.45) is 1.97. The fourth-order valence-corrected chi connectivity index (χ4v) is 3.01. The van der Waals surface area contributed by atoms with Crippen molar-refractivity contribution in [2.45, 2.75) is 32.7 Å². The summed E-state index contributed by atoms with van der Waals surface area (Å²) >= 11 is 0. The molecule has 4 nitrogen and oxygen atoms in total. The number of hydrogen-bond acceptors (Lipinski definition) is 3. The molecule has 0 aliphatic carbocycles. The van der Waals surface area contributed by atoms with Gasteiger partial charge in [0.25, 0.3) is 0 Å². The number of piperazine rings is 1. The van der Waals surface area contributed by atoms with Crippen LogP contribution in [0.1, 0.15) is 26.7 Å². The summed E-state index contributed by atoms with van der Waals surface area (Å²) in [7, 11) is 0. The van der Waals surface area contributed by atoms with E-state index in [1.54, 1.807) is 0 Å². The van der Waals surface area contributed by atoms with E-state index in [-0.39, 0.29) is 0 Å². The molecule has 4 heteroatoms. The Morgan fingerprint density at radius 1 is 1.29 bits per heavy atom. The second kappa shape index (κ2) is 5.83. The van der Waals surface area contributed by atoms with E-state index in [2.05, 4.69) is 24.1 Å². The molecular formula is C13H25N3O. The fraction of sp³-hybridized carbons (Fsp3) is 0.923. The molecule has 2 aliphatic heterocycles. The van der Waals surface area contributed by atoms with Gasteiger partial charge in [0.15, 0.2) is 0 Å². The Labute approximate surface area is 104 Å². The molecule has 0 bridgehead atoms. The first-order valence-electron chi connectivity index (χ1n) is 6.89. The van der Waals surface area contributed by atoms with Gasteiger partial charge in [-0.25, -0.2) is 0 Å². The third-order valence-electron chi connectivity index (χ3n) is 4.00. The monoisotopic (exact) mass is 239 g/mol. The van der Waals surface area contributed by atoms with Gasteiger partial charge in [-0.05, 0) is 19.3 Å². The lowest BCUT2D eigenvalue weighted by molar-refractivity contribution is -0.132. The van der Waals surface area contributed by atoms with Gasteiger partial charge in [-0.2, -0.15) is 0 Å². The van der Waals surface area contributed by atoms with Crippen molar-refractivity contribution < 1.29 is 4.79 Å². The average molecular weight is 239 g/mol. The van der Waals surface area contributed by atoms with Crippen molar-refractivity contribution >= 4 is 5.91 Å². The van der Waals surface area contributed by atoms with Crippen LogP contribution in [0.5, 0.6) is 0 Å². The molecule has 2 unspecified atom stereocenters. The minimum atomic E-state index is 0.332. The second-order valence-electron chi connectivity index (χ2n) is 5.57. The first kappa shape index (κ1) is 12.8. The normalized spacial score (nSPS) is 30.8. The number of rotatable bonds is 3. The quantitative estimate of drug-likeness (QED) is 0.781. The summed E-state index contributed by atoms with van der Waals surface area (Å²) in [5.74, 6) is 1.12. The number of carbonyl (C=O) groups excluding carboxylic acids is 1. The molecule has 0 spiro atoms. The lowest BCUT2D eigenvalue weighted by Gasteiger charge is -2.28. The van der Waals surface area contributed by atoms with E-state index in [0.717, 1.165) is 45.2 Å². The Kier molecular flexibility index (Phi) is 4.40. The van der Waals surface area contributed by atoms with Crippen LogP contribution in [0.4, 0.5) is 0 Å². The van der Waals surface area contributed by atoms with Crippen molar-refractivity contribution in [3.63, 3.8) is 0 Å². The SMILES string of the molecule is CC1CC(C)N(CCC(=O)N2CCNCC2)C1. The Bertz CT molecular complexity index is 263. The van der Waals surface area contributed by atoms with Gasteiger partial charge in [-0.1, -0.05) is 6.92 Å². The van der Waals surface area contributed by atoms with E-state index in [4.69, 9.17) is 0 Å². The summed E-state index contributed by atoms with van der Waals surface area (Å²) in [5, 5.41) is 3.28. The van der Waals surface area contributed by atoms with Crippen molar-refractivity contribution in [3.8, 4) is 0 Å². The Morgan fingerprint density at radius 2 is 2.00 bits per heavy atom. The van der Waals surface area contributed by atoms with Crippen LogP contribution >= 0.6 is 0 Å². The lowest BCUT2D eigenvalue weighted by Crippen LogP contribution is -2.47. The molecule has 2 heterocycles. The van der Waals surface area contributed by atoms with E-state index in [9.17, 15) is 4.79 Å². The summed E-state index contributed by atoms with van der Waals surface area (Å²) in [6, 6.07) is 0.654. The zero-order chi connectivity index (χ0) is 12.3. The molecular weight excluding hydrogens is 214 g/mol. The number of nitrogens with zero attached hydrogens (tertiary/aromatic N) is 2. The van der Waals surface area contributed by atoms with Crippen LogP contribution in [0.25, 0.3) is 0 Å². The second-order valence-corrected chi connectivity index (χ2v) is 5.57. The van der Waals surface area contributed by atoms with Crippen molar-refractivity contribution in [1.82, 2.24) is 15.1 Å². The highest BCUT2D eigenvalue weighted by atomic mass is 16.2. The summed E-state index contributed by atoms with van der Waals surface area (Å²) < 4.78 is 0. The van der Waals surface area contributed by atoms with Crippen LogP contribution in [0.15, 0.2) is 0 Å². The number of likely N-dealkylation sites (tertiary alicyclic amines) is 1. The molecule has 1 N–H and O–H groups in total. The first-order valence-corrected chi connectivity index (χ1v) is 6.89. The summed E-state index contributed by atoms with van der Waals surface area (Å²) in [4.78, 5) is 16.5. The zero-order valence-corrected chi connectivity index (χ0v) is 11.1. The molecule has 17 heavy (non-hydrogen) atoms. The topological polar surface area (TPSA) is 35.6 Å². The Hall–Kier alpha value is -0.610. The average Bonchev–Trinajstić information content (AvgIpc) is 2.66. The first-order chi connectivity index (χ1) is 8.16. The molecule has 1 amide bonds. The van der Waals surface area contributed by atoms with Gasteiger partial charge >= 0.3 is 0 Å². The summed E-state index contributed by atoms with van der Waals surface area (Å²) in [5.41, 5.74) is 0. The number of amides is 1. The standard InChI is InChI=1S/C13H25N3O/c1-11-9-12(2)16(10-11)6-3-13(17)15-7-4-14-5-8-15/h11-12,14H,3-10H2,1-2H3. The molecule has 2 saturated heterocycles. The molecule has 2 fully saturated rings. The minimum absolute atomic E-state index is 0.332. The predicted octanol–water partition coefficient (Wildman–Crippen LogP) is 0.539. The lowest BCUT2D eigenvalue weighted by atomic mass is 10.1. The van der Waals surface area contributed by atoms with Crippen molar-refractivity contribution in [3.05, 3.63) is 0 Å². The fourth-order valence-electron chi connectivity index (χ4n) is 3.01. The van der Waals surface area contributed by atoms with Crippen LogP contribution in [-0.4, -0.2) is 61.0 Å². The highest BCUT2D eigenvalue weighted by Gasteiger charge is 2.26. The molecule has 0 aromatic heterocycles. The van der Waals surface area contributed by atoms with Crippen molar-refractivity contribution in [2.24, 2.45) is 5.92 Å². The van der Waals surface area contributed by atoms with Crippen LogP contribution in [0, 0.1) is 5.92 Å². The smallest absolute Gasteiger partial charge is 0.223 e. The van der Waals surface area contributed by atoms with Gasteiger partial charge in [0.1, 0.15) is 0 Å². The summed E-state index contributed by atoms with van der Waals surface area (Å²) in [6.45, 7) is 10.3. The molecule has 0 saturated carbocycles. The van der Waals surface area contributed by atoms with Gasteiger partial charge in [-0.15, -0.1) is 0 Å². The number of carbonyl (C=O) groups is 1. The highest BCUT2D eigenvalue weighted by molar-refractivity contribution is 5.76. The maximum Gasteiger partial charge on any atom is 0.223 e. The molecule has 0 aromatic carbocycles. The van der Waals surface area contributed by atoms with E-state index in [1.807, 2.05) is 4.90 Å². The third-order valence-corrected chi connectivity index (χ3v) is 4.00.